The fourth-order valence-corrected chi connectivity index (χ4v) is 2.01. The van der Waals surface area contributed by atoms with Crippen molar-refractivity contribution in [2.24, 2.45) is 0 Å². The summed E-state index contributed by atoms with van der Waals surface area (Å²) >= 11 is 3.39. The van der Waals surface area contributed by atoms with E-state index >= 15 is 0 Å². The smallest absolute Gasteiger partial charge is 0.180 e. The van der Waals surface area contributed by atoms with Crippen LogP contribution in [0.5, 0.6) is 5.75 Å². The first kappa shape index (κ1) is 13.2. The molecule has 0 aliphatic carbocycles. The van der Waals surface area contributed by atoms with Crippen LogP contribution in [0.2, 0.25) is 0 Å². The zero-order valence-electron chi connectivity index (χ0n) is 10.1. The molecule has 88 valence electrons. The maximum atomic E-state index is 12.1. The van der Waals surface area contributed by atoms with Gasteiger partial charge < -0.3 is 4.74 Å². The first-order chi connectivity index (χ1) is 7.51. The second-order valence-corrected chi connectivity index (χ2v) is 5.01. The molecule has 0 saturated carbocycles. The highest BCUT2D eigenvalue weighted by molar-refractivity contribution is 9.10. The molecule has 1 aromatic carbocycles. The molecule has 0 spiro atoms. The summed E-state index contributed by atoms with van der Waals surface area (Å²) in [5.41, 5.74) is 2.75. The summed E-state index contributed by atoms with van der Waals surface area (Å²) in [6.45, 7) is 5.92. The first-order valence-corrected chi connectivity index (χ1v) is 6.26. The molecule has 3 heteroatoms. The molecule has 0 heterocycles. The van der Waals surface area contributed by atoms with Crippen LogP contribution < -0.4 is 4.74 Å². The predicted octanol–water partition coefficient (Wildman–Crippen LogP) is 3.67. The van der Waals surface area contributed by atoms with E-state index in [1.165, 1.54) is 0 Å². The maximum absolute atomic E-state index is 12.1. The lowest BCUT2D eigenvalue weighted by Gasteiger charge is -2.13. The van der Waals surface area contributed by atoms with E-state index in [4.69, 9.17) is 4.74 Å². The van der Waals surface area contributed by atoms with E-state index in [0.29, 0.717) is 11.3 Å². The van der Waals surface area contributed by atoms with Crippen LogP contribution in [0.4, 0.5) is 0 Å². The van der Waals surface area contributed by atoms with Gasteiger partial charge in [0.05, 0.1) is 17.5 Å². The van der Waals surface area contributed by atoms with Crippen molar-refractivity contribution in [3.63, 3.8) is 0 Å². The molecule has 1 rings (SSSR count). The Labute approximate surface area is 105 Å². The summed E-state index contributed by atoms with van der Waals surface area (Å²) in [4.78, 5) is 12.0. The Morgan fingerprint density at radius 3 is 2.56 bits per heavy atom. The molecule has 0 amide bonds. The number of halogens is 1. The van der Waals surface area contributed by atoms with Crippen molar-refractivity contribution in [3.8, 4) is 5.75 Å². The van der Waals surface area contributed by atoms with E-state index in [-0.39, 0.29) is 10.6 Å². The van der Waals surface area contributed by atoms with Gasteiger partial charge in [-0.05, 0) is 37.5 Å². The quantitative estimate of drug-likeness (QED) is 0.623. The summed E-state index contributed by atoms with van der Waals surface area (Å²) in [6, 6.07) is 3.91. The minimum Gasteiger partial charge on any atom is -0.496 e. The topological polar surface area (TPSA) is 26.3 Å². The molecule has 0 radical (unpaired) electrons. The number of alkyl halides is 1. The summed E-state index contributed by atoms with van der Waals surface area (Å²) < 4.78 is 5.31. The normalized spacial score (nSPS) is 12.3. The van der Waals surface area contributed by atoms with Crippen molar-refractivity contribution < 1.29 is 9.53 Å². The number of Topliss-reactive ketones (excluding diaryl/α,β-unsaturated/α-hetero) is 1. The summed E-state index contributed by atoms with van der Waals surface area (Å²) in [6.07, 6.45) is 0.773. The molecule has 16 heavy (non-hydrogen) atoms. The number of ether oxygens (including phenoxy) is 1. The molecule has 0 bridgehead atoms. The van der Waals surface area contributed by atoms with Gasteiger partial charge in [-0.2, -0.15) is 0 Å². The zero-order valence-corrected chi connectivity index (χ0v) is 11.7. The van der Waals surface area contributed by atoms with Crippen LogP contribution in [0.15, 0.2) is 12.1 Å². The summed E-state index contributed by atoms with van der Waals surface area (Å²) in [5.74, 6) is 0.777. The van der Waals surface area contributed by atoms with Gasteiger partial charge in [0.2, 0.25) is 0 Å². The first-order valence-electron chi connectivity index (χ1n) is 5.34. The second-order valence-electron chi connectivity index (χ2n) is 3.90. The van der Waals surface area contributed by atoms with Crippen molar-refractivity contribution in [1.29, 1.82) is 0 Å². The van der Waals surface area contributed by atoms with E-state index in [2.05, 4.69) is 15.9 Å². The van der Waals surface area contributed by atoms with Gasteiger partial charge in [0, 0.05) is 0 Å². The predicted molar refractivity (Wildman–Crippen MR) is 69.8 cm³/mol. The van der Waals surface area contributed by atoms with E-state index in [9.17, 15) is 4.79 Å². The Balaban J connectivity index is 3.26. The average Bonchev–Trinajstić information content (AvgIpc) is 2.26. The van der Waals surface area contributed by atoms with Crippen molar-refractivity contribution in [3.05, 3.63) is 28.8 Å². The van der Waals surface area contributed by atoms with Gasteiger partial charge in [-0.25, -0.2) is 0 Å². The highest BCUT2D eigenvalue weighted by atomic mass is 79.9. The molecule has 0 fully saturated rings. The van der Waals surface area contributed by atoms with Crippen molar-refractivity contribution >= 4 is 21.7 Å². The van der Waals surface area contributed by atoms with Gasteiger partial charge in [0.1, 0.15) is 5.75 Å². The number of hydrogen-bond acceptors (Lipinski definition) is 2. The Morgan fingerprint density at radius 1 is 1.44 bits per heavy atom. The third-order valence-electron chi connectivity index (χ3n) is 2.53. The summed E-state index contributed by atoms with van der Waals surface area (Å²) in [5, 5.41) is 0. The monoisotopic (exact) mass is 284 g/mol. The van der Waals surface area contributed by atoms with Crippen LogP contribution in [-0.4, -0.2) is 17.7 Å². The molecular weight excluding hydrogens is 268 g/mol. The third kappa shape index (κ3) is 2.64. The molecule has 0 saturated heterocycles. The highest BCUT2D eigenvalue weighted by Gasteiger charge is 2.20. The fourth-order valence-electron chi connectivity index (χ4n) is 1.76. The number of ketones is 1. The number of carbonyl (C=O) groups excluding carboxylic acids is 1. The number of hydrogen-bond donors (Lipinski definition) is 0. The van der Waals surface area contributed by atoms with Crippen molar-refractivity contribution in [1.82, 2.24) is 0 Å². The molecule has 1 aromatic rings. The molecule has 1 unspecified atom stereocenters. The standard InChI is InChI=1S/C13H17BrO2/c1-5-11(14)12(15)10-7-8(2)6-9(3)13(10)16-4/h6-7,11H,5H2,1-4H3. The van der Waals surface area contributed by atoms with Crippen LogP contribution in [0.1, 0.15) is 34.8 Å². The van der Waals surface area contributed by atoms with E-state index < -0.39 is 0 Å². The second kappa shape index (κ2) is 5.48. The minimum absolute atomic E-state index is 0.0890. The van der Waals surface area contributed by atoms with Gasteiger partial charge in [-0.3, -0.25) is 4.79 Å². The number of benzene rings is 1. The molecule has 0 N–H and O–H groups in total. The van der Waals surface area contributed by atoms with Gasteiger partial charge in [-0.1, -0.05) is 28.9 Å². The van der Waals surface area contributed by atoms with Gasteiger partial charge in [0.25, 0.3) is 0 Å². The van der Waals surface area contributed by atoms with Crippen molar-refractivity contribution in [2.45, 2.75) is 32.0 Å². The average molecular weight is 285 g/mol. The summed E-state index contributed by atoms with van der Waals surface area (Å²) in [7, 11) is 1.60. The SMILES string of the molecule is CCC(Br)C(=O)c1cc(C)cc(C)c1OC. The highest BCUT2D eigenvalue weighted by Crippen LogP contribution is 2.28. The van der Waals surface area contributed by atoms with E-state index in [1.807, 2.05) is 32.9 Å². The lowest BCUT2D eigenvalue weighted by Crippen LogP contribution is -2.15. The van der Waals surface area contributed by atoms with Crippen LogP contribution in [0.3, 0.4) is 0 Å². The molecule has 2 nitrogen and oxygen atoms in total. The molecule has 0 aliphatic rings. The van der Waals surface area contributed by atoms with Gasteiger partial charge in [0.15, 0.2) is 5.78 Å². The molecule has 0 aliphatic heterocycles. The minimum atomic E-state index is -0.136. The lowest BCUT2D eigenvalue weighted by molar-refractivity contribution is 0.0987. The van der Waals surface area contributed by atoms with Crippen molar-refractivity contribution in [2.75, 3.05) is 7.11 Å². The van der Waals surface area contributed by atoms with E-state index in [0.717, 1.165) is 17.5 Å². The zero-order chi connectivity index (χ0) is 12.3. The Kier molecular flexibility index (Phi) is 4.54. The number of rotatable bonds is 4. The molecular formula is C13H17BrO2. The number of methoxy groups -OCH3 is 1. The Bertz CT molecular complexity index is 399. The van der Waals surface area contributed by atoms with Gasteiger partial charge >= 0.3 is 0 Å². The van der Waals surface area contributed by atoms with Crippen LogP contribution in [0, 0.1) is 13.8 Å². The number of carbonyl (C=O) groups is 1. The van der Waals surface area contributed by atoms with Crippen LogP contribution >= 0.6 is 15.9 Å². The van der Waals surface area contributed by atoms with Crippen LogP contribution in [-0.2, 0) is 0 Å². The fraction of sp³-hybridized carbons (Fsp3) is 0.462. The third-order valence-corrected chi connectivity index (χ3v) is 3.59. The van der Waals surface area contributed by atoms with E-state index in [1.54, 1.807) is 7.11 Å². The Morgan fingerprint density at radius 2 is 2.06 bits per heavy atom. The molecule has 1 atom stereocenters. The Hall–Kier alpha value is -0.830. The maximum Gasteiger partial charge on any atom is 0.180 e. The van der Waals surface area contributed by atoms with Crippen LogP contribution in [0.25, 0.3) is 0 Å². The van der Waals surface area contributed by atoms with Gasteiger partial charge in [-0.15, -0.1) is 0 Å². The lowest BCUT2D eigenvalue weighted by atomic mass is 10.00. The number of aryl methyl sites for hydroxylation is 2. The largest absolute Gasteiger partial charge is 0.496 e. The molecule has 0 aromatic heterocycles.